The summed E-state index contributed by atoms with van der Waals surface area (Å²) in [6.45, 7) is 6.59. The van der Waals surface area contributed by atoms with Crippen LogP contribution in [0.15, 0.2) is 36.4 Å². The summed E-state index contributed by atoms with van der Waals surface area (Å²) < 4.78 is 0. The van der Waals surface area contributed by atoms with Crippen LogP contribution in [-0.2, 0) is 6.42 Å². The zero-order valence-electron chi connectivity index (χ0n) is 10.5. The van der Waals surface area contributed by atoms with Crippen LogP contribution in [0.25, 0.3) is 0 Å². The number of hydrogen-bond donors (Lipinski definition) is 1. The van der Waals surface area contributed by atoms with Crippen molar-refractivity contribution in [2.24, 2.45) is 0 Å². The Morgan fingerprint density at radius 3 is 2.69 bits per heavy atom. The maximum Gasteiger partial charge on any atom is -0.00143 e. The molecule has 0 bridgehead atoms. The topological polar surface area (TPSA) is 12.0 Å². The van der Waals surface area contributed by atoms with Crippen molar-refractivity contribution in [2.75, 3.05) is 13.1 Å². The van der Waals surface area contributed by atoms with E-state index >= 15 is 0 Å². The molecule has 0 fully saturated rings. The summed E-state index contributed by atoms with van der Waals surface area (Å²) in [4.78, 5) is 0. The molecule has 0 unspecified atom stereocenters. The smallest absolute Gasteiger partial charge is 0.00143 e. The molecule has 0 saturated carbocycles. The predicted octanol–water partition coefficient (Wildman–Crippen LogP) is 3.48. The van der Waals surface area contributed by atoms with E-state index in [1.807, 2.05) is 0 Å². The standard InChI is InChI=1S/C15H23N/c1-3-12-16-13-8-4-5-10-15-11-7-6-9-14(15)2/h4-7,9,11,16H,3,8,10,12-13H2,1-2H3. The van der Waals surface area contributed by atoms with Gasteiger partial charge in [0.2, 0.25) is 0 Å². The molecule has 0 spiro atoms. The summed E-state index contributed by atoms with van der Waals surface area (Å²) in [6, 6.07) is 8.58. The van der Waals surface area contributed by atoms with Gasteiger partial charge in [0.05, 0.1) is 0 Å². The molecule has 0 aromatic heterocycles. The Balaban J connectivity index is 2.19. The largest absolute Gasteiger partial charge is 0.316 e. The molecule has 1 N–H and O–H groups in total. The molecule has 0 aliphatic carbocycles. The zero-order chi connectivity index (χ0) is 11.6. The molecule has 0 heterocycles. The van der Waals surface area contributed by atoms with Gasteiger partial charge in [-0.1, -0.05) is 43.3 Å². The second-order valence-corrected chi connectivity index (χ2v) is 4.14. The average molecular weight is 217 g/mol. The molecule has 0 aliphatic heterocycles. The number of nitrogens with one attached hydrogen (secondary N) is 1. The van der Waals surface area contributed by atoms with E-state index in [9.17, 15) is 0 Å². The fourth-order valence-corrected chi connectivity index (χ4v) is 1.65. The first-order valence-electron chi connectivity index (χ1n) is 6.24. The zero-order valence-corrected chi connectivity index (χ0v) is 10.5. The molecule has 1 rings (SSSR count). The molecule has 0 atom stereocenters. The third kappa shape index (κ3) is 5.13. The molecule has 0 saturated heterocycles. The Bertz CT molecular complexity index is 315. The molecule has 1 aromatic rings. The summed E-state index contributed by atoms with van der Waals surface area (Å²) in [5, 5.41) is 3.39. The summed E-state index contributed by atoms with van der Waals surface area (Å²) >= 11 is 0. The number of rotatable bonds is 7. The van der Waals surface area contributed by atoms with E-state index in [1.165, 1.54) is 17.5 Å². The van der Waals surface area contributed by atoms with Crippen LogP contribution in [0.4, 0.5) is 0 Å². The molecule has 0 radical (unpaired) electrons. The van der Waals surface area contributed by atoms with Crippen molar-refractivity contribution in [3.63, 3.8) is 0 Å². The second-order valence-electron chi connectivity index (χ2n) is 4.14. The lowest BCUT2D eigenvalue weighted by molar-refractivity contribution is 0.678. The summed E-state index contributed by atoms with van der Waals surface area (Å²) in [5.41, 5.74) is 2.82. The van der Waals surface area contributed by atoms with Crippen LogP contribution in [-0.4, -0.2) is 13.1 Å². The Morgan fingerprint density at radius 1 is 1.12 bits per heavy atom. The Hall–Kier alpha value is -1.08. The van der Waals surface area contributed by atoms with Gasteiger partial charge in [0.25, 0.3) is 0 Å². The lowest BCUT2D eigenvalue weighted by atomic mass is 10.1. The summed E-state index contributed by atoms with van der Waals surface area (Å²) in [7, 11) is 0. The molecular weight excluding hydrogens is 194 g/mol. The summed E-state index contributed by atoms with van der Waals surface area (Å²) in [6.07, 6.45) is 7.95. The van der Waals surface area contributed by atoms with Gasteiger partial charge in [-0.25, -0.2) is 0 Å². The van der Waals surface area contributed by atoms with Gasteiger partial charge in [-0.05, 0) is 50.4 Å². The van der Waals surface area contributed by atoms with Gasteiger partial charge in [0.1, 0.15) is 0 Å². The average Bonchev–Trinajstić information content (AvgIpc) is 2.30. The molecule has 1 heteroatoms. The maximum absolute atomic E-state index is 3.39. The minimum atomic E-state index is 1.06. The highest BCUT2D eigenvalue weighted by Crippen LogP contribution is 2.07. The lowest BCUT2D eigenvalue weighted by Crippen LogP contribution is -2.14. The number of aryl methyl sites for hydroxylation is 1. The van der Waals surface area contributed by atoms with E-state index in [0.29, 0.717) is 0 Å². The van der Waals surface area contributed by atoms with Gasteiger partial charge in [0, 0.05) is 0 Å². The van der Waals surface area contributed by atoms with Crippen LogP contribution in [0.5, 0.6) is 0 Å². The van der Waals surface area contributed by atoms with Gasteiger partial charge in [0.15, 0.2) is 0 Å². The van der Waals surface area contributed by atoms with Crippen LogP contribution in [0.1, 0.15) is 30.9 Å². The van der Waals surface area contributed by atoms with Gasteiger partial charge in [-0.2, -0.15) is 0 Å². The molecule has 1 aromatic carbocycles. The minimum absolute atomic E-state index is 1.06. The predicted molar refractivity (Wildman–Crippen MR) is 71.8 cm³/mol. The van der Waals surface area contributed by atoms with Crippen LogP contribution < -0.4 is 5.32 Å². The number of hydrogen-bond acceptors (Lipinski definition) is 1. The third-order valence-corrected chi connectivity index (χ3v) is 2.68. The highest BCUT2D eigenvalue weighted by Gasteiger charge is 1.92. The maximum atomic E-state index is 3.39. The van der Waals surface area contributed by atoms with E-state index in [4.69, 9.17) is 0 Å². The second kappa shape index (κ2) is 8.12. The van der Waals surface area contributed by atoms with Crippen molar-refractivity contribution in [3.8, 4) is 0 Å². The molecule has 0 aliphatic rings. The van der Waals surface area contributed by atoms with Crippen molar-refractivity contribution in [3.05, 3.63) is 47.5 Å². The minimum Gasteiger partial charge on any atom is -0.316 e. The highest BCUT2D eigenvalue weighted by atomic mass is 14.8. The highest BCUT2D eigenvalue weighted by molar-refractivity contribution is 5.27. The molecular formula is C15H23N. The lowest BCUT2D eigenvalue weighted by Gasteiger charge is -2.01. The molecule has 1 nitrogen and oxygen atoms in total. The van der Waals surface area contributed by atoms with Gasteiger partial charge in [-0.15, -0.1) is 0 Å². The van der Waals surface area contributed by atoms with Crippen molar-refractivity contribution < 1.29 is 0 Å². The molecule has 16 heavy (non-hydrogen) atoms. The van der Waals surface area contributed by atoms with Crippen molar-refractivity contribution in [2.45, 2.75) is 33.1 Å². The first-order valence-corrected chi connectivity index (χ1v) is 6.24. The first kappa shape index (κ1) is 13.0. The van der Waals surface area contributed by atoms with Crippen molar-refractivity contribution in [1.29, 1.82) is 0 Å². The SMILES string of the molecule is CCCNCCC=CCc1ccccc1C. The Labute approximate surface area is 99.6 Å². The van der Waals surface area contributed by atoms with Crippen molar-refractivity contribution >= 4 is 0 Å². The molecule has 0 amide bonds. The van der Waals surface area contributed by atoms with Crippen LogP contribution in [0, 0.1) is 6.92 Å². The van der Waals surface area contributed by atoms with Crippen LogP contribution in [0.2, 0.25) is 0 Å². The quantitative estimate of drug-likeness (QED) is 0.544. The van der Waals surface area contributed by atoms with Crippen LogP contribution in [0.3, 0.4) is 0 Å². The van der Waals surface area contributed by atoms with E-state index in [2.05, 4.69) is 55.6 Å². The number of allylic oxidation sites excluding steroid dienone is 1. The van der Waals surface area contributed by atoms with E-state index < -0.39 is 0 Å². The Kier molecular flexibility index (Phi) is 6.59. The fourth-order valence-electron chi connectivity index (χ4n) is 1.65. The van der Waals surface area contributed by atoms with E-state index in [0.717, 1.165) is 25.9 Å². The van der Waals surface area contributed by atoms with E-state index in [1.54, 1.807) is 0 Å². The van der Waals surface area contributed by atoms with Gasteiger partial charge < -0.3 is 5.32 Å². The number of benzene rings is 1. The van der Waals surface area contributed by atoms with Gasteiger partial charge in [-0.3, -0.25) is 0 Å². The fraction of sp³-hybridized carbons (Fsp3) is 0.467. The van der Waals surface area contributed by atoms with Crippen molar-refractivity contribution in [1.82, 2.24) is 5.32 Å². The van der Waals surface area contributed by atoms with Gasteiger partial charge >= 0.3 is 0 Å². The van der Waals surface area contributed by atoms with Crippen LogP contribution >= 0.6 is 0 Å². The first-order chi connectivity index (χ1) is 7.84. The Morgan fingerprint density at radius 2 is 1.94 bits per heavy atom. The molecule has 88 valence electrons. The summed E-state index contributed by atoms with van der Waals surface area (Å²) in [5.74, 6) is 0. The normalized spacial score (nSPS) is 11.1. The van der Waals surface area contributed by atoms with E-state index in [-0.39, 0.29) is 0 Å². The monoisotopic (exact) mass is 217 g/mol. The third-order valence-electron chi connectivity index (χ3n) is 2.68.